The first kappa shape index (κ1) is 17.6. The zero-order chi connectivity index (χ0) is 18.1. The summed E-state index contributed by atoms with van der Waals surface area (Å²) < 4.78 is 5.68. The van der Waals surface area contributed by atoms with E-state index in [1.54, 1.807) is 7.11 Å². The van der Waals surface area contributed by atoms with Crippen molar-refractivity contribution in [1.82, 2.24) is 4.90 Å². The minimum absolute atomic E-state index is 0.738. The van der Waals surface area contributed by atoms with Crippen LogP contribution in [0, 0.1) is 12.8 Å². The van der Waals surface area contributed by atoms with Crippen LogP contribution in [0.15, 0.2) is 36.4 Å². The highest BCUT2D eigenvalue weighted by Crippen LogP contribution is 2.45. The number of piperidine rings is 1. The van der Waals surface area contributed by atoms with Gasteiger partial charge in [0, 0.05) is 6.54 Å². The summed E-state index contributed by atoms with van der Waals surface area (Å²) in [5.74, 6) is 2.65. The Morgan fingerprint density at radius 2 is 1.77 bits per heavy atom. The van der Waals surface area contributed by atoms with Crippen LogP contribution in [0.5, 0.6) is 5.75 Å². The van der Waals surface area contributed by atoms with Crippen molar-refractivity contribution in [3.8, 4) is 16.9 Å². The van der Waals surface area contributed by atoms with E-state index in [1.807, 2.05) is 0 Å². The number of ether oxygens (including phenoxy) is 1. The van der Waals surface area contributed by atoms with Gasteiger partial charge in [-0.15, -0.1) is 0 Å². The number of nitrogens with zero attached hydrogens (tertiary/aromatic N) is 1. The molecule has 26 heavy (non-hydrogen) atoms. The molecule has 2 nitrogen and oxygen atoms in total. The summed E-state index contributed by atoms with van der Waals surface area (Å²) in [6.07, 6.45) is 5.31. The molecule has 1 aliphatic carbocycles. The molecule has 2 heteroatoms. The first-order chi connectivity index (χ1) is 12.6. The smallest absolute Gasteiger partial charge is 0.122 e. The van der Waals surface area contributed by atoms with E-state index in [4.69, 9.17) is 4.74 Å². The molecule has 2 fully saturated rings. The van der Waals surface area contributed by atoms with E-state index in [9.17, 15) is 0 Å². The van der Waals surface area contributed by atoms with E-state index in [0.29, 0.717) is 0 Å². The van der Waals surface area contributed by atoms with E-state index in [1.165, 1.54) is 66.6 Å². The summed E-state index contributed by atoms with van der Waals surface area (Å²) in [5, 5.41) is 0. The molecule has 0 spiro atoms. The Balaban J connectivity index is 1.59. The molecule has 0 N–H and O–H groups in total. The third-order valence-electron chi connectivity index (χ3n) is 6.18. The molecular formula is C24H31NO. The molecule has 0 radical (unpaired) electrons. The van der Waals surface area contributed by atoms with Gasteiger partial charge >= 0.3 is 0 Å². The van der Waals surface area contributed by atoms with Crippen molar-refractivity contribution < 1.29 is 4.74 Å². The minimum Gasteiger partial charge on any atom is -0.496 e. The molecule has 1 saturated carbocycles. The van der Waals surface area contributed by atoms with Gasteiger partial charge in [0.2, 0.25) is 0 Å². The van der Waals surface area contributed by atoms with E-state index in [0.717, 1.165) is 24.1 Å². The average Bonchev–Trinajstić information content (AvgIpc) is 3.49. The molecule has 0 amide bonds. The quantitative estimate of drug-likeness (QED) is 0.678. The van der Waals surface area contributed by atoms with E-state index < -0.39 is 0 Å². The van der Waals surface area contributed by atoms with Crippen molar-refractivity contribution in [2.24, 2.45) is 5.92 Å². The van der Waals surface area contributed by atoms with Gasteiger partial charge in [0.1, 0.15) is 5.75 Å². The number of rotatable bonds is 5. The topological polar surface area (TPSA) is 12.5 Å². The van der Waals surface area contributed by atoms with Crippen molar-refractivity contribution in [3.05, 3.63) is 53.1 Å². The summed E-state index contributed by atoms with van der Waals surface area (Å²) in [7, 11) is 1.79. The van der Waals surface area contributed by atoms with E-state index in [2.05, 4.69) is 55.1 Å². The lowest BCUT2D eigenvalue weighted by Gasteiger charge is -2.30. The molecule has 1 saturated heterocycles. The molecule has 2 aromatic carbocycles. The van der Waals surface area contributed by atoms with E-state index in [-0.39, 0.29) is 0 Å². The summed E-state index contributed by atoms with van der Waals surface area (Å²) in [6.45, 7) is 8.11. The molecule has 0 bridgehead atoms. The SMILES string of the molecule is COc1cc(-c2cccc(CN3CCC(C)CC3)c2)cc(C2CC2)c1C. The van der Waals surface area contributed by atoms with Gasteiger partial charge in [-0.25, -0.2) is 0 Å². The number of benzene rings is 2. The van der Waals surface area contributed by atoms with Crippen LogP contribution in [-0.2, 0) is 6.54 Å². The summed E-state index contributed by atoms with van der Waals surface area (Å²) >= 11 is 0. The third kappa shape index (κ3) is 3.81. The van der Waals surface area contributed by atoms with E-state index >= 15 is 0 Å². The van der Waals surface area contributed by atoms with Crippen LogP contribution in [0.25, 0.3) is 11.1 Å². The maximum absolute atomic E-state index is 5.68. The van der Waals surface area contributed by atoms with Crippen molar-refractivity contribution in [1.29, 1.82) is 0 Å². The highest BCUT2D eigenvalue weighted by Gasteiger charge is 2.27. The Morgan fingerprint density at radius 1 is 1.00 bits per heavy atom. The second-order valence-electron chi connectivity index (χ2n) is 8.33. The monoisotopic (exact) mass is 349 g/mol. The molecule has 1 heterocycles. The second-order valence-corrected chi connectivity index (χ2v) is 8.33. The molecule has 138 valence electrons. The Kier molecular flexibility index (Phi) is 5.04. The lowest BCUT2D eigenvalue weighted by molar-refractivity contribution is 0.185. The van der Waals surface area contributed by atoms with Crippen molar-refractivity contribution in [2.75, 3.05) is 20.2 Å². The largest absolute Gasteiger partial charge is 0.496 e. The minimum atomic E-state index is 0.738. The zero-order valence-corrected chi connectivity index (χ0v) is 16.4. The number of hydrogen-bond donors (Lipinski definition) is 0. The van der Waals surface area contributed by atoms with Crippen LogP contribution in [-0.4, -0.2) is 25.1 Å². The highest BCUT2D eigenvalue weighted by molar-refractivity contribution is 5.69. The molecule has 1 aliphatic heterocycles. The Bertz CT molecular complexity index is 770. The summed E-state index contributed by atoms with van der Waals surface area (Å²) in [5.41, 5.74) is 6.83. The fraction of sp³-hybridized carbons (Fsp3) is 0.500. The van der Waals surface area contributed by atoms with Crippen LogP contribution in [0.2, 0.25) is 0 Å². The molecule has 0 atom stereocenters. The average molecular weight is 350 g/mol. The first-order valence-electron chi connectivity index (χ1n) is 10.1. The highest BCUT2D eigenvalue weighted by atomic mass is 16.5. The standard InChI is InChI=1S/C24H31NO/c1-17-9-11-25(12-10-17)16-19-5-4-6-21(13-19)22-14-23(20-7-8-20)18(2)24(15-22)26-3/h4-6,13-15,17,20H,7-12,16H2,1-3H3. The lowest BCUT2D eigenvalue weighted by Crippen LogP contribution is -2.32. The Labute approximate surface area is 158 Å². The number of hydrogen-bond acceptors (Lipinski definition) is 2. The molecular weight excluding hydrogens is 318 g/mol. The van der Waals surface area contributed by atoms with Gasteiger partial charge in [0.25, 0.3) is 0 Å². The van der Waals surface area contributed by atoms with Crippen LogP contribution in [0.4, 0.5) is 0 Å². The van der Waals surface area contributed by atoms with Crippen LogP contribution in [0.3, 0.4) is 0 Å². The molecule has 2 aromatic rings. The molecule has 2 aliphatic rings. The molecule has 0 unspecified atom stereocenters. The number of likely N-dealkylation sites (tertiary alicyclic amines) is 1. The van der Waals surface area contributed by atoms with Gasteiger partial charge in [0.15, 0.2) is 0 Å². The van der Waals surface area contributed by atoms with Gasteiger partial charge in [-0.1, -0.05) is 31.2 Å². The first-order valence-corrected chi connectivity index (χ1v) is 10.1. The van der Waals surface area contributed by atoms with Gasteiger partial charge < -0.3 is 4.74 Å². The van der Waals surface area contributed by atoms with Crippen molar-refractivity contribution >= 4 is 0 Å². The summed E-state index contributed by atoms with van der Waals surface area (Å²) in [4.78, 5) is 2.60. The van der Waals surface area contributed by atoms with Gasteiger partial charge in [-0.05, 0) is 97.5 Å². The van der Waals surface area contributed by atoms with Crippen LogP contribution < -0.4 is 4.74 Å². The Morgan fingerprint density at radius 3 is 2.46 bits per heavy atom. The van der Waals surface area contributed by atoms with Gasteiger partial charge in [-0.2, -0.15) is 0 Å². The van der Waals surface area contributed by atoms with Crippen molar-refractivity contribution in [2.45, 2.75) is 52.0 Å². The van der Waals surface area contributed by atoms with Crippen LogP contribution >= 0.6 is 0 Å². The maximum atomic E-state index is 5.68. The summed E-state index contributed by atoms with van der Waals surface area (Å²) in [6, 6.07) is 13.7. The van der Waals surface area contributed by atoms with Crippen molar-refractivity contribution in [3.63, 3.8) is 0 Å². The second kappa shape index (κ2) is 7.44. The fourth-order valence-corrected chi connectivity index (χ4v) is 4.23. The molecule has 0 aromatic heterocycles. The van der Waals surface area contributed by atoms with Gasteiger partial charge in [0.05, 0.1) is 7.11 Å². The maximum Gasteiger partial charge on any atom is 0.122 e. The Hall–Kier alpha value is -1.80. The lowest BCUT2D eigenvalue weighted by atomic mass is 9.95. The normalized spacial score (nSPS) is 18.9. The number of methoxy groups -OCH3 is 1. The van der Waals surface area contributed by atoms with Gasteiger partial charge in [-0.3, -0.25) is 4.90 Å². The molecule has 4 rings (SSSR count). The predicted molar refractivity (Wildman–Crippen MR) is 109 cm³/mol. The van der Waals surface area contributed by atoms with Crippen LogP contribution in [0.1, 0.15) is 55.2 Å². The third-order valence-corrected chi connectivity index (χ3v) is 6.18. The predicted octanol–water partition coefficient (Wildman–Crippen LogP) is 5.78. The fourth-order valence-electron chi connectivity index (χ4n) is 4.23. The zero-order valence-electron chi connectivity index (χ0n) is 16.4.